The summed E-state index contributed by atoms with van der Waals surface area (Å²) >= 11 is 6.18. The first kappa shape index (κ1) is 21.1. The molecule has 0 atom stereocenters. The predicted octanol–water partition coefficient (Wildman–Crippen LogP) is 4.81. The van der Waals surface area contributed by atoms with Crippen LogP contribution in [0.1, 0.15) is 30.9 Å². The summed E-state index contributed by atoms with van der Waals surface area (Å²) < 4.78 is 16.3. The first-order chi connectivity index (χ1) is 12.9. The van der Waals surface area contributed by atoms with Crippen LogP contribution < -0.4 is 14.8 Å². The minimum Gasteiger partial charge on any atom is -0.487 e. The normalized spacial score (nSPS) is 10.7. The van der Waals surface area contributed by atoms with Gasteiger partial charge in [0, 0.05) is 7.11 Å². The Morgan fingerprint density at radius 1 is 1.15 bits per heavy atom. The third-order valence-electron chi connectivity index (χ3n) is 4.01. The molecular weight excluding hydrogens is 366 g/mol. The van der Waals surface area contributed by atoms with Gasteiger partial charge in [0.25, 0.3) is 5.91 Å². The number of hydrogen-bond acceptors (Lipinski definition) is 4. The van der Waals surface area contributed by atoms with Crippen molar-refractivity contribution in [3.8, 4) is 11.5 Å². The number of rotatable bonds is 9. The van der Waals surface area contributed by atoms with E-state index in [2.05, 4.69) is 25.2 Å². The molecule has 6 heteroatoms. The van der Waals surface area contributed by atoms with Gasteiger partial charge in [0.1, 0.15) is 12.4 Å². The fourth-order valence-corrected chi connectivity index (χ4v) is 2.67. The molecule has 2 aromatic carbocycles. The van der Waals surface area contributed by atoms with Crippen LogP contribution in [0.4, 0.5) is 5.69 Å². The van der Waals surface area contributed by atoms with Crippen LogP contribution in [0.25, 0.3) is 0 Å². The van der Waals surface area contributed by atoms with E-state index >= 15 is 0 Å². The van der Waals surface area contributed by atoms with E-state index in [-0.39, 0.29) is 12.5 Å². The van der Waals surface area contributed by atoms with Crippen molar-refractivity contribution in [3.63, 3.8) is 0 Å². The van der Waals surface area contributed by atoms with Crippen molar-refractivity contribution in [1.29, 1.82) is 0 Å². The summed E-state index contributed by atoms with van der Waals surface area (Å²) in [6, 6.07) is 11.2. The molecule has 0 aliphatic carbocycles. The van der Waals surface area contributed by atoms with Gasteiger partial charge < -0.3 is 19.5 Å². The lowest BCUT2D eigenvalue weighted by atomic mass is 10.0. The van der Waals surface area contributed by atoms with Crippen LogP contribution in [0, 0.1) is 6.92 Å². The van der Waals surface area contributed by atoms with Gasteiger partial charge in [-0.25, -0.2) is 0 Å². The van der Waals surface area contributed by atoms with E-state index in [9.17, 15) is 4.79 Å². The van der Waals surface area contributed by atoms with E-state index in [0.29, 0.717) is 41.3 Å². The number of benzene rings is 2. The largest absolute Gasteiger partial charge is 0.487 e. The number of ether oxygens (including phenoxy) is 3. The van der Waals surface area contributed by atoms with Gasteiger partial charge in [-0.15, -0.1) is 0 Å². The third kappa shape index (κ3) is 6.15. The molecule has 0 radical (unpaired) electrons. The number of halogens is 1. The number of carbonyl (C=O) groups excluding carboxylic acids is 1. The standard InChI is InChI=1S/C21H26ClNO4/c1-14(2)16-9-8-15(3)19(12-16)27-13-20(24)23-18-7-5-6-17(22)21(18)26-11-10-25-4/h5-9,12,14H,10-11,13H2,1-4H3,(H,23,24). The summed E-state index contributed by atoms with van der Waals surface area (Å²) in [6.45, 7) is 6.84. The SMILES string of the molecule is COCCOc1c(Cl)cccc1NC(=O)COc1cc(C(C)C)ccc1C. The zero-order chi connectivity index (χ0) is 19.8. The van der Waals surface area contributed by atoms with Crippen LogP contribution in [0.15, 0.2) is 36.4 Å². The molecule has 146 valence electrons. The van der Waals surface area contributed by atoms with Gasteiger partial charge in [0.05, 0.1) is 17.3 Å². The van der Waals surface area contributed by atoms with Crippen LogP contribution in [0.5, 0.6) is 11.5 Å². The monoisotopic (exact) mass is 391 g/mol. The maximum absolute atomic E-state index is 12.3. The van der Waals surface area contributed by atoms with E-state index in [1.54, 1.807) is 25.3 Å². The van der Waals surface area contributed by atoms with Crippen molar-refractivity contribution in [2.24, 2.45) is 0 Å². The Bertz CT molecular complexity index is 777. The van der Waals surface area contributed by atoms with Gasteiger partial charge >= 0.3 is 0 Å². The van der Waals surface area contributed by atoms with Gasteiger partial charge in [-0.1, -0.05) is 43.6 Å². The molecule has 27 heavy (non-hydrogen) atoms. The fourth-order valence-electron chi connectivity index (χ4n) is 2.44. The lowest BCUT2D eigenvalue weighted by molar-refractivity contribution is -0.118. The highest BCUT2D eigenvalue weighted by Gasteiger charge is 2.13. The second kappa shape index (κ2) is 10.2. The molecule has 1 N–H and O–H groups in total. The third-order valence-corrected chi connectivity index (χ3v) is 4.31. The Labute approximate surface area is 165 Å². The zero-order valence-corrected chi connectivity index (χ0v) is 16.9. The van der Waals surface area contributed by atoms with Gasteiger partial charge in [-0.3, -0.25) is 4.79 Å². The molecule has 0 aliphatic rings. The maximum Gasteiger partial charge on any atom is 0.262 e. The Kier molecular flexibility index (Phi) is 7.95. The summed E-state index contributed by atoms with van der Waals surface area (Å²) in [6.07, 6.45) is 0. The lowest BCUT2D eigenvalue weighted by Gasteiger charge is -2.15. The molecule has 0 aromatic heterocycles. The van der Waals surface area contributed by atoms with Crippen LogP contribution in [-0.4, -0.2) is 32.8 Å². The Balaban J connectivity index is 2.02. The molecule has 0 fully saturated rings. The van der Waals surface area contributed by atoms with E-state index in [0.717, 1.165) is 5.56 Å². The minimum absolute atomic E-state index is 0.105. The van der Waals surface area contributed by atoms with Crippen LogP contribution in [0.3, 0.4) is 0 Å². The molecule has 0 heterocycles. The summed E-state index contributed by atoms with van der Waals surface area (Å²) in [5.74, 6) is 1.23. The molecule has 2 aromatic rings. The van der Waals surface area contributed by atoms with Crippen LogP contribution >= 0.6 is 11.6 Å². The molecule has 0 bridgehead atoms. The number of para-hydroxylation sites is 1. The maximum atomic E-state index is 12.3. The molecule has 0 unspecified atom stereocenters. The summed E-state index contributed by atoms with van der Waals surface area (Å²) in [7, 11) is 1.59. The highest BCUT2D eigenvalue weighted by molar-refractivity contribution is 6.32. The zero-order valence-electron chi connectivity index (χ0n) is 16.2. The second-order valence-corrected chi connectivity index (χ2v) is 6.88. The van der Waals surface area contributed by atoms with Crippen LogP contribution in [0.2, 0.25) is 5.02 Å². The summed E-state index contributed by atoms with van der Waals surface area (Å²) in [5.41, 5.74) is 2.65. The molecule has 0 saturated carbocycles. The average Bonchev–Trinajstić information content (AvgIpc) is 2.63. The number of methoxy groups -OCH3 is 1. The Morgan fingerprint density at radius 3 is 2.63 bits per heavy atom. The highest BCUT2D eigenvalue weighted by Crippen LogP contribution is 2.33. The molecule has 0 aliphatic heterocycles. The second-order valence-electron chi connectivity index (χ2n) is 6.47. The van der Waals surface area contributed by atoms with E-state index in [1.165, 1.54) is 5.56 Å². The number of nitrogens with one attached hydrogen (secondary N) is 1. The first-order valence-electron chi connectivity index (χ1n) is 8.85. The van der Waals surface area contributed by atoms with Crippen molar-refractivity contribution in [3.05, 3.63) is 52.5 Å². The lowest BCUT2D eigenvalue weighted by Crippen LogP contribution is -2.21. The molecule has 1 amide bonds. The topological polar surface area (TPSA) is 56.8 Å². The number of carbonyl (C=O) groups is 1. The van der Waals surface area contributed by atoms with Crippen molar-refractivity contribution in [1.82, 2.24) is 0 Å². The number of anilines is 1. The number of amides is 1. The van der Waals surface area contributed by atoms with Crippen molar-refractivity contribution in [2.45, 2.75) is 26.7 Å². The summed E-state index contributed by atoms with van der Waals surface area (Å²) in [5, 5.41) is 3.21. The molecule has 5 nitrogen and oxygen atoms in total. The quantitative estimate of drug-likeness (QED) is 0.623. The van der Waals surface area contributed by atoms with E-state index in [1.807, 2.05) is 19.1 Å². The number of aryl methyl sites for hydroxylation is 1. The fraction of sp³-hybridized carbons (Fsp3) is 0.381. The van der Waals surface area contributed by atoms with E-state index < -0.39 is 0 Å². The van der Waals surface area contributed by atoms with Gasteiger partial charge in [0.2, 0.25) is 0 Å². The van der Waals surface area contributed by atoms with Crippen molar-refractivity contribution in [2.75, 3.05) is 32.2 Å². The van der Waals surface area contributed by atoms with Crippen LogP contribution in [-0.2, 0) is 9.53 Å². The number of hydrogen-bond donors (Lipinski definition) is 1. The predicted molar refractivity (Wildman–Crippen MR) is 108 cm³/mol. The molecular formula is C21H26ClNO4. The molecule has 2 rings (SSSR count). The van der Waals surface area contributed by atoms with E-state index in [4.69, 9.17) is 25.8 Å². The molecule has 0 saturated heterocycles. The smallest absolute Gasteiger partial charge is 0.262 e. The van der Waals surface area contributed by atoms with Gasteiger partial charge in [0.15, 0.2) is 12.4 Å². The Hall–Kier alpha value is -2.24. The van der Waals surface area contributed by atoms with Gasteiger partial charge in [-0.2, -0.15) is 0 Å². The van der Waals surface area contributed by atoms with Gasteiger partial charge in [-0.05, 0) is 42.2 Å². The summed E-state index contributed by atoms with van der Waals surface area (Å²) in [4.78, 5) is 12.3. The first-order valence-corrected chi connectivity index (χ1v) is 9.23. The Morgan fingerprint density at radius 2 is 1.93 bits per heavy atom. The average molecular weight is 392 g/mol. The highest BCUT2D eigenvalue weighted by atomic mass is 35.5. The molecule has 0 spiro atoms. The van der Waals surface area contributed by atoms with Crippen molar-refractivity contribution >= 4 is 23.2 Å². The van der Waals surface area contributed by atoms with Crippen molar-refractivity contribution < 1.29 is 19.0 Å². The minimum atomic E-state index is -0.289.